The van der Waals surface area contributed by atoms with Crippen molar-refractivity contribution in [1.29, 1.82) is 0 Å². The molecule has 1 aliphatic rings. The summed E-state index contributed by atoms with van der Waals surface area (Å²) in [7, 11) is 0. The number of anilines is 1. The van der Waals surface area contributed by atoms with Crippen molar-refractivity contribution in [2.45, 2.75) is 96.8 Å². The summed E-state index contributed by atoms with van der Waals surface area (Å²) in [5.41, 5.74) is 3.40. The van der Waals surface area contributed by atoms with Crippen LogP contribution < -0.4 is 5.32 Å². The van der Waals surface area contributed by atoms with E-state index in [4.69, 9.17) is 0 Å². The highest BCUT2D eigenvalue weighted by Crippen LogP contribution is 2.30. The number of nitrogens with one attached hydrogen (secondary N) is 1. The monoisotopic (exact) mass is 473 g/mol. The minimum Gasteiger partial charge on any atom is -0.381 e. The number of carbonyl (C=O) groups is 2. The van der Waals surface area contributed by atoms with Crippen LogP contribution in [0.1, 0.15) is 118 Å². The third kappa shape index (κ3) is 8.49. The van der Waals surface area contributed by atoms with E-state index in [1.165, 1.54) is 70.6 Å². The molecule has 0 saturated carbocycles. The first-order valence-electron chi connectivity index (χ1n) is 13.9. The number of allylic oxidation sites excluding steroid dienone is 1. The maximum atomic E-state index is 13.3. The van der Waals surface area contributed by atoms with Gasteiger partial charge < -0.3 is 5.32 Å². The molecule has 1 N–H and O–H groups in total. The van der Waals surface area contributed by atoms with Crippen LogP contribution in [0, 0.1) is 0 Å². The molecular weight excluding hydrogens is 430 g/mol. The fourth-order valence-corrected chi connectivity index (χ4v) is 5.00. The molecule has 35 heavy (non-hydrogen) atoms. The average molecular weight is 474 g/mol. The van der Waals surface area contributed by atoms with Gasteiger partial charge >= 0.3 is 0 Å². The topological polar surface area (TPSA) is 46.2 Å². The van der Waals surface area contributed by atoms with E-state index in [1.807, 2.05) is 42.5 Å². The Bertz CT molecular complexity index is 961. The minimum absolute atomic E-state index is 0.00618. The number of benzene rings is 2. The van der Waals surface area contributed by atoms with Crippen LogP contribution in [0.15, 0.2) is 65.7 Å². The van der Waals surface area contributed by atoms with Crippen LogP contribution in [0.2, 0.25) is 0 Å². The molecule has 3 heteroatoms. The van der Waals surface area contributed by atoms with Gasteiger partial charge in [-0.05, 0) is 25.0 Å². The Hall–Kier alpha value is -2.68. The van der Waals surface area contributed by atoms with Crippen molar-refractivity contribution in [3.63, 3.8) is 0 Å². The zero-order valence-corrected chi connectivity index (χ0v) is 21.6. The van der Waals surface area contributed by atoms with Gasteiger partial charge in [0.05, 0.1) is 0 Å². The van der Waals surface area contributed by atoms with E-state index in [1.54, 1.807) is 12.1 Å². The number of unbranched alkanes of at least 4 members (excludes halogenated alkanes) is 12. The first-order valence-corrected chi connectivity index (χ1v) is 13.9. The summed E-state index contributed by atoms with van der Waals surface area (Å²) in [6, 6.07) is 17.1. The highest BCUT2D eigenvalue weighted by molar-refractivity contribution is 6.27. The summed E-state index contributed by atoms with van der Waals surface area (Å²) in [4.78, 5) is 26.6. The van der Waals surface area contributed by atoms with Crippen LogP contribution >= 0.6 is 0 Å². The maximum absolute atomic E-state index is 13.3. The third-order valence-electron chi connectivity index (χ3n) is 7.10. The largest absolute Gasteiger partial charge is 0.381 e. The summed E-state index contributed by atoms with van der Waals surface area (Å²) in [6.45, 7) is 2.65. The zero-order chi connectivity index (χ0) is 24.7. The minimum atomic E-state index is -0.00618. The Labute approximate surface area is 212 Å². The number of para-hydroxylation sites is 1. The van der Waals surface area contributed by atoms with E-state index < -0.39 is 0 Å². The smallest absolute Gasteiger partial charge is 0.191 e. The van der Waals surface area contributed by atoms with E-state index in [2.05, 4.69) is 12.2 Å². The number of hydrogen-bond acceptors (Lipinski definition) is 3. The van der Waals surface area contributed by atoms with Crippen LogP contribution in [-0.2, 0) is 0 Å². The number of hydrogen-bond donors (Lipinski definition) is 1. The number of ketones is 2. The molecule has 3 rings (SSSR count). The molecule has 0 aliphatic heterocycles. The summed E-state index contributed by atoms with van der Waals surface area (Å²) in [6.07, 6.45) is 17.5. The Morgan fingerprint density at radius 1 is 0.543 bits per heavy atom. The Morgan fingerprint density at radius 2 is 1.00 bits per heavy atom. The molecule has 0 spiro atoms. The van der Waals surface area contributed by atoms with Crippen molar-refractivity contribution in [3.05, 3.63) is 76.9 Å². The van der Waals surface area contributed by atoms with E-state index in [0.29, 0.717) is 35.2 Å². The molecule has 188 valence electrons. The molecule has 0 atom stereocenters. The van der Waals surface area contributed by atoms with Gasteiger partial charge in [0, 0.05) is 34.5 Å². The van der Waals surface area contributed by atoms with Crippen molar-refractivity contribution in [2.75, 3.05) is 11.9 Å². The van der Waals surface area contributed by atoms with Gasteiger partial charge in [-0.15, -0.1) is 0 Å². The molecule has 0 saturated heterocycles. The SMILES string of the molecule is CCCCCCCCCCCCCCCC1=C(CNc2ccccc2)C(=O)c2ccccc2C1=O. The summed E-state index contributed by atoms with van der Waals surface area (Å²) in [5, 5.41) is 3.34. The zero-order valence-electron chi connectivity index (χ0n) is 21.6. The van der Waals surface area contributed by atoms with Gasteiger partial charge in [-0.25, -0.2) is 0 Å². The van der Waals surface area contributed by atoms with Gasteiger partial charge in [0.1, 0.15) is 0 Å². The molecular formula is C32H43NO2. The molecule has 0 aromatic heterocycles. The van der Waals surface area contributed by atoms with E-state index >= 15 is 0 Å². The lowest BCUT2D eigenvalue weighted by Crippen LogP contribution is -2.26. The second kappa shape index (κ2) is 15.3. The lowest BCUT2D eigenvalue weighted by atomic mass is 9.82. The quantitative estimate of drug-likeness (QED) is 0.233. The predicted molar refractivity (Wildman–Crippen MR) is 147 cm³/mol. The Kier molecular flexibility index (Phi) is 11.8. The van der Waals surface area contributed by atoms with Crippen molar-refractivity contribution in [3.8, 4) is 0 Å². The van der Waals surface area contributed by atoms with Gasteiger partial charge in [-0.3, -0.25) is 9.59 Å². The summed E-state index contributed by atoms with van der Waals surface area (Å²) < 4.78 is 0. The Balaban J connectivity index is 1.45. The van der Waals surface area contributed by atoms with Crippen LogP contribution in [0.5, 0.6) is 0 Å². The van der Waals surface area contributed by atoms with Gasteiger partial charge in [0.2, 0.25) is 0 Å². The first-order chi connectivity index (χ1) is 17.2. The average Bonchev–Trinajstić information content (AvgIpc) is 2.89. The third-order valence-corrected chi connectivity index (χ3v) is 7.10. The standard InChI is InChI=1S/C32H43NO2/c1-2-3-4-5-6-7-8-9-10-11-12-13-17-22-29-30(25-33-26-20-15-14-16-21-26)32(35)28-24-19-18-23-27(28)31(29)34/h14-16,18-21,23-24,33H,2-13,17,22,25H2,1H3. The van der Waals surface area contributed by atoms with Crippen LogP contribution in [0.4, 0.5) is 5.69 Å². The number of carbonyl (C=O) groups excluding carboxylic acids is 2. The van der Waals surface area contributed by atoms with Crippen molar-refractivity contribution < 1.29 is 9.59 Å². The lowest BCUT2D eigenvalue weighted by molar-refractivity contribution is 0.0971. The van der Waals surface area contributed by atoms with Gasteiger partial charge in [-0.1, -0.05) is 126 Å². The lowest BCUT2D eigenvalue weighted by Gasteiger charge is -2.22. The maximum Gasteiger partial charge on any atom is 0.191 e. The molecule has 2 aromatic carbocycles. The molecule has 0 fully saturated rings. The van der Waals surface area contributed by atoms with Gasteiger partial charge in [0.15, 0.2) is 11.6 Å². The fourth-order valence-electron chi connectivity index (χ4n) is 5.00. The molecule has 1 aliphatic carbocycles. The highest BCUT2D eigenvalue weighted by atomic mass is 16.1. The number of rotatable bonds is 17. The molecule has 3 nitrogen and oxygen atoms in total. The van der Waals surface area contributed by atoms with Crippen molar-refractivity contribution >= 4 is 17.3 Å². The molecule has 0 bridgehead atoms. The van der Waals surface area contributed by atoms with Crippen LogP contribution in [0.25, 0.3) is 0 Å². The van der Waals surface area contributed by atoms with Crippen molar-refractivity contribution in [1.82, 2.24) is 0 Å². The second-order valence-electron chi connectivity index (χ2n) is 9.87. The van der Waals surface area contributed by atoms with E-state index in [0.717, 1.165) is 18.5 Å². The summed E-state index contributed by atoms with van der Waals surface area (Å²) in [5.74, 6) is 0.0253. The van der Waals surface area contributed by atoms with Gasteiger partial charge in [0.25, 0.3) is 0 Å². The second-order valence-corrected chi connectivity index (χ2v) is 9.87. The number of Topliss-reactive ketones (excluding diaryl/α,β-unsaturated/α-hetero) is 2. The molecule has 0 heterocycles. The molecule has 0 radical (unpaired) electrons. The van der Waals surface area contributed by atoms with Gasteiger partial charge in [-0.2, -0.15) is 0 Å². The van der Waals surface area contributed by atoms with E-state index in [9.17, 15) is 9.59 Å². The molecule has 2 aromatic rings. The molecule has 0 unspecified atom stereocenters. The molecule has 0 amide bonds. The van der Waals surface area contributed by atoms with Crippen LogP contribution in [-0.4, -0.2) is 18.1 Å². The predicted octanol–water partition coefficient (Wildman–Crippen LogP) is 8.96. The van der Waals surface area contributed by atoms with E-state index in [-0.39, 0.29) is 11.6 Å². The fraction of sp³-hybridized carbons (Fsp3) is 0.500. The van der Waals surface area contributed by atoms with Crippen LogP contribution in [0.3, 0.4) is 0 Å². The highest BCUT2D eigenvalue weighted by Gasteiger charge is 2.31. The van der Waals surface area contributed by atoms with Crippen molar-refractivity contribution in [2.24, 2.45) is 0 Å². The normalized spacial score (nSPS) is 13.3. The number of fused-ring (bicyclic) bond motifs is 1. The summed E-state index contributed by atoms with van der Waals surface area (Å²) >= 11 is 0. The first kappa shape index (κ1) is 26.9. The Morgan fingerprint density at radius 3 is 1.54 bits per heavy atom.